The van der Waals surface area contributed by atoms with Crippen LogP contribution in [0.3, 0.4) is 0 Å². The van der Waals surface area contributed by atoms with Crippen LogP contribution in [0.2, 0.25) is 0 Å². The zero-order chi connectivity index (χ0) is 15.4. The second kappa shape index (κ2) is 7.28. The summed E-state index contributed by atoms with van der Waals surface area (Å²) in [6.45, 7) is 2.79. The van der Waals surface area contributed by atoms with Gasteiger partial charge in [0.05, 0.1) is 6.04 Å². The molecule has 1 amide bonds. The van der Waals surface area contributed by atoms with Crippen LogP contribution in [0, 0.1) is 5.92 Å². The van der Waals surface area contributed by atoms with Crippen LogP contribution in [0.25, 0.3) is 0 Å². The Balaban J connectivity index is 1.65. The summed E-state index contributed by atoms with van der Waals surface area (Å²) in [5.41, 5.74) is 1.27. The van der Waals surface area contributed by atoms with E-state index < -0.39 is 0 Å². The van der Waals surface area contributed by atoms with Gasteiger partial charge in [-0.3, -0.25) is 4.79 Å². The van der Waals surface area contributed by atoms with Crippen LogP contribution in [0.15, 0.2) is 30.3 Å². The maximum atomic E-state index is 12.8. The summed E-state index contributed by atoms with van der Waals surface area (Å²) in [5, 5.41) is 0. The highest BCUT2D eigenvalue weighted by molar-refractivity contribution is 5.77. The van der Waals surface area contributed by atoms with Crippen LogP contribution in [-0.2, 0) is 4.79 Å². The molecule has 0 N–H and O–H groups in total. The Labute approximate surface area is 134 Å². The number of likely N-dealkylation sites (N-methyl/N-ethyl adjacent to an activating group) is 1. The summed E-state index contributed by atoms with van der Waals surface area (Å²) < 4.78 is 0. The molecule has 0 aromatic heterocycles. The monoisotopic (exact) mass is 300 g/mol. The predicted octanol–water partition coefficient (Wildman–Crippen LogP) is 3.47. The lowest BCUT2D eigenvalue weighted by molar-refractivity contribution is -0.136. The van der Waals surface area contributed by atoms with Crippen LogP contribution < -0.4 is 0 Å². The Hall–Kier alpha value is -1.35. The quantitative estimate of drug-likeness (QED) is 0.850. The highest BCUT2D eigenvalue weighted by Gasteiger charge is 2.30. The van der Waals surface area contributed by atoms with Gasteiger partial charge in [-0.2, -0.15) is 0 Å². The minimum Gasteiger partial charge on any atom is -0.333 e. The van der Waals surface area contributed by atoms with Gasteiger partial charge in [-0.1, -0.05) is 56.0 Å². The molecule has 3 rings (SSSR count). The summed E-state index contributed by atoms with van der Waals surface area (Å²) in [7, 11) is 2.15. The number of carbonyl (C=O) groups is 1. The van der Waals surface area contributed by atoms with E-state index in [1.165, 1.54) is 31.2 Å². The summed E-state index contributed by atoms with van der Waals surface area (Å²) >= 11 is 0. The molecule has 2 aliphatic rings. The van der Waals surface area contributed by atoms with Crippen molar-refractivity contribution < 1.29 is 4.79 Å². The predicted molar refractivity (Wildman–Crippen MR) is 89.6 cm³/mol. The number of benzene rings is 1. The fraction of sp³-hybridized carbons (Fsp3) is 0.632. The lowest BCUT2D eigenvalue weighted by Crippen LogP contribution is -2.49. The van der Waals surface area contributed by atoms with E-state index in [-0.39, 0.29) is 6.04 Å². The standard InChI is InChI=1S/C19H28N2O/c1-20-13-14-21(18(15-20)17-9-3-2-4-10-17)19(22)12-11-16-7-5-6-8-16/h2-4,9-10,16,18H,5-8,11-15H2,1H3. The third kappa shape index (κ3) is 3.70. The molecule has 1 saturated carbocycles. The van der Waals surface area contributed by atoms with Crippen molar-refractivity contribution in [2.75, 3.05) is 26.7 Å². The lowest BCUT2D eigenvalue weighted by Gasteiger charge is -2.40. The Morgan fingerprint density at radius 1 is 1.14 bits per heavy atom. The van der Waals surface area contributed by atoms with Crippen molar-refractivity contribution in [1.29, 1.82) is 0 Å². The van der Waals surface area contributed by atoms with E-state index in [9.17, 15) is 4.79 Å². The average Bonchev–Trinajstić information content (AvgIpc) is 3.07. The molecular weight excluding hydrogens is 272 g/mol. The largest absolute Gasteiger partial charge is 0.333 e. The summed E-state index contributed by atoms with van der Waals surface area (Å²) in [4.78, 5) is 17.2. The van der Waals surface area contributed by atoms with E-state index in [1.807, 2.05) is 6.07 Å². The first-order valence-corrected chi connectivity index (χ1v) is 8.77. The molecule has 1 saturated heterocycles. The molecule has 3 nitrogen and oxygen atoms in total. The van der Waals surface area contributed by atoms with Crippen molar-refractivity contribution in [1.82, 2.24) is 9.80 Å². The molecule has 1 heterocycles. The molecule has 1 atom stereocenters. The molecule has 2 fully saturated rings. The van der Waals surface area contributed by atoms with Gasteiger partial charge >= 0.3 is 0 Å². The first-order chi connectivity index (χ1) is 10.7. The van der Waals surface area contributed by atoms with Gasteiger partial charge in [0.15, 0.2) is 0 Å². The second-order valence-corrected chi connectivity index (χ2v) is 6.97. The molecule has 0 spiro atoms. The minimum absolute atomic E-state index is 0.219. The molecule has 1 aromatic rings. The Bertz CT molecular complexity index is 481. The SMILES string of the molecule is CN1CCN(C(=O)CCC2CCCC2)C(c2ccccc2)C1. The Morgan fingerprint density at radius 3 is 2.59 bits per heavy atom. The van der Waals surface area contributed by atoms with E-state index >= 15 is 0 Å². The molecule has 0 bridgehead atoms. The number of carbonyl (C=O) groups excluding carboxylic acids is 1. The summed E-state index contributed by atoms with van der Waals surface area (Å²) in [6.07, 6.45) is 7.21. The Kier molecular flexibility index (Phi) is 5.14. The molecule has 120 valence electrons. The molecule has 1 aromatic carbocycles. The maximum Gasteiger partial charge on any atom is 0.223 e. The topological polar surface area (TPSA) is 23.6 Å². The van der Waals surface area contributed by atoms with Crippen LogP contribution in [-0.4, -0.2) is 42.4 Å². The van der Waals surface area contributed by atoms with Crippen LogP contribution in [0.4, 0.5) is 0 Å². The van der Waals surface area contributed by atoms with Gasteiger partial charge in [0.2, 0.25) is 5.91 Å². The fourth-order valence-electron chi connectivity index (χ4n) is 3.95. The Morgan fingerprint density at radius 2 is 1.86 bits per heavy atom. The smallest absolute Gasteiger partial charge is 0.223 e. The number of piperazine rings is 1. The van der Waals surface area contributed by atoms with Crippen molar-refractivity contribution in [3.05, 3.63) is 35.9 Å². The van der Waals surface area contributed by atoms with Crippen molar-refractivity contribution in [3.8, 4) is 0 Å². The average molecular weight is 300 g/mol. The molecule has 0 radical (unpaired) electrons. The van der Waals surface area contributed by atoms with Gasteiger partial charge in [0, 0.05) is 26.1 Å². The number of nitrogens with zero attached hydrogens (tertiary/aromatic N) is 2. The number of hydrogen-bond donors (Lipinski definition) is 0. The van der Waals surface area contributed by atoms with Crippen molar-refractivity contribution in [3.63, 3.8) is 0 Å². The summed E-state index contributed by atoms with van der Waals surface area (Å²) in [6, 6.07) is 10.7. The molecule has 22 heavy (non-hydrogen) atoms. The number of rotatable bonds is 4. The fourth-order valence-corrected chi connectivity index (χ4v) is 3.95. The van der Waals surface area contributed by atoms with Crippen molar-refractivity contribution in [2.24, 2.45) is 5.92 Å². The van der Waals surface area contributed by atoms with Crippen LogP contribution >= 0.6 is 0 Å². The molecule has 1 unspecified atom stereocenters. The normalized spacial score (nSPS) is 23.9. The lowest BCUT2D eigenvalue weighted by atomic mass is 9.99. The number of amides is 1. The second-order valence-electron chi connectivity index (χ2n) is 6.97. The highest BCUT2D eigenvalue weighted by atomic mass is 16.2. The van der Waals surface area contributed by atoms with E-state index in [0.717, 1.165) is 38.4 Å². The van der Waals surface area contributed by atoms with E-state index in [0.29, 0.717) is 5.91 Å². The first-order valence-electron chi connectivity index (χ1n) is 8.77. The summed E-state index contributed by atoms with van der Waals surface area (Å²) in [5.74, 6) is 1.15. The van der Waals surface area contributed by atoms with Crippen molar-refractivity contribution in [2.45, 2.75) is 44.6 Å². The zero-order valence-electron chi connectivity index (χ0n) is 13.7. The molecular formula is C19H28N2O. The van der Waals surface area contributed by atoms with Gasteiger partial charge < -0.3 is 9.80 Å². The molecule has 3 heteroatoms. The van der Waals surface area contributed by atoms with Gasteiger partial charge in [-0.05, 0) is 24.9 Å². The van der Waals surface area contributed by atoms with Gasteiger partial charge in [-0.25, -0.2) is 0 Å². The van der Waals surface area contributed by atoms with Gasteiger partial charge in [0.1, 0.15) is 0 Å². The minimum atomic E-state index is 0.219. The van der Waals surface area contributed by atoms with Crippen LogP contribution in [0.5, 0.6) is 0 Å². The van der Waals surface area contributed by atoms with E-state index in [4.69, 9.17) is 0 Å². The highest BCUT2D eigenvalue weighted by Crippen LogP contribution is 2.30. The van der Waals surface area contributed by atoms with Crippen LogP contribution in [0.1, 0.15) is 50.1 Å². The third-order valence-corrected chi connectivity index (χ3v) is 5.33. The van der Waals surface area contributed by atoms with Gasteiger partial charge in [-0.15, -0.1) is 0 Å². The first kappa shape index (κ1) is 15.5. The third-order valence-electron chi connectivity index (χ3n) is 5.33. The molecule has 1 aliphatic heterocycles. The van der Waals surface area contributed by atoms with Gasteiger partial charge in [0.25, 0.3) is 0 Å². The van der Waals surface area contributed by atoms with E-state index in [1.54, 1.807) is 0 Å². The van der Waals surface area contributed by atoms with E-state index in [2.05, 4.69) is 41.1 Å². The zero-order valence-corrected chi connectivity index (χ0v) is 13.7. The number of hydrogen-bond acceptors (Lipinski definition) is 2. The maximum absolute atomic E-state index is 12.8. The van der Waals surface area contributed by atoms with Crippen molar-refractivity contribution >= 4 is 5.91 Å². The molecule has 1 aliphatic carbocycles.